The van der Waals surface area contributed by atoms with Gasteiger partial charge < -0.3 is 9.84 Å². The second kappa shape index (κ2) is 5.91. The summed E-state index contributed by atoms with van der Waals surface area (Å²) in [7, 11) is -3.87. The van der Waals surface area contributed by atoms with Crippen LogP contribution in [0.5, 0.6) is 0 Å². The van der Waals surface area contributed by atoms with Crippen molar-refractivity contribution < 1.29 is 18.3 Å². The summed E-state index contributed by atoms with van der Waals surface area (Å²) in [5, 5.41) is 19.0. The van der Waals surface area contributed by atoms with Gasteiger partial charge in [0.25, 0.3) is 0 Å². The molecule has 0 radical (unpaired) electrons. The maximum atomic E-state index is 12.2. The first-order valence-electron chi connectivity index (χ1n) is 6.32. The van der Waals surface area contributed by atoms with Crippen LogP contribution in [0.1, 0.15) is 18.9 Å². The van der Waals surface area contributed by atoms with Gasteiger partial charge in [-0.2, -0.15) is 5.26 Å². The number of hydrogen-bond donors (Lipinski definition) is 2. The van der Waals surface area contributed by atoms with E-state index in [1.165, 1.54) is 18.2 Å². The molecule has 114 valence electrons. The number of sulfonamides is 1. The van der Waals surface area contributed by atoms with Gasteiger partial charge in [0.15, 0.2) is 0 Å². The quantitative estimate of drug-likeness (QED) is 0.859. The van der Waals surface area contributed by atoms with Crippen LogP contribution in [-0.4, -0.2) is 38.4 Å². The Morgan fingerprint density at radius 3 is 2.86 bits per heavy atom. The zero-order valence-electron chi connectivity index (χ0n) is 11.3. The van der Waals surface area contributed by atoms with Crippen LogP contribution in [-0.2, 0) is 14.8 Å². The molecule has 1 aliphatic heterocycles. The predicted octanol–water partition coefficient (Wildman–Crippen LogP) is 1.03. The number of nitriles is 1. The van der Waals surface area contributed by atoms with Gasteiger partial charge in [-0.05, 0) is 25.1 Å². The number of nitrogens with one attached hydrogen (secondary N) is 1. The molecule has 6 nitrogen and oxygen atoms in total. The number of halogens is 1. The Bertz CT molecular complexity index is 686. The number of ether oxygens (including phenoxy) is 1. The molecule has 8 heteroatoms. The lowest BCUT2D eigenvalue weighted by Crippen LogP contribution is -2.47. The fourth-order valence-corrected chi connectivity index (χ4v) is 3.73. The van der Waals surface area contributed by atoms with Crippen molar-refractivity contribution in [3.63, 3.8) is 0 Å². The summed E-state index contributed by atoms with van der Waals surface area (Å²) in [5.41, 5.74) is -0.957. The molecular formula is C13H15ClN2O4S. The Balaban J connectivity index is 2.18. The molecule has 0 aromatic heterocycles. The van der Waals surface area contributed by atoms with E-state index in [1.807, 2.05) is 6.07 Å². The number of aliphatic hydroxyl groups is 1. The molecule has 2 rings (SSSR count). The van der Waals surface area contributed by atoms with Crippen LogP contribution < -0.4 is 4.72 Å². The van der Waals surface area contributed by atoms with E-state index in [0.29, 0.717) is 13.0 Å². The monoisotopic (exact) mass is 330 g/mol. The molecule has 0 bridgehead atoms. The molecule has 1 aliphatic rings. The first kappa shape index (κ1) is 16.2. The molecular weight excluding hydrogens is 316 g/mol. The summed E-state index contributed by atoms with van der Waals surface area (Å²) in [6.45, 7) is 1.92. The standard InChI is InChI=1S/C13H15ClN2O4S/c1-9-13(17,4-5-20-9)8-16-21(18,19)12-3-2-10(7-15)6-11(12)14/h2-3,6,9,16-17H,4-5,8H2,1H3. The van der Waals surface area contributed by atoms with E-state index in [1.54, 1.807) is 6.92 Å². The van der Waals surface area contributed by atoms with E-state index < -0.39 is 21.7 Å². The number of benzene rings is 1. The molecule has 1 heterocycles. The Morgan fingerprint density at radius 2 is 2.33 bits per heavy atom. The lowest BCUT2D eigenvalue weighted by molar-refractivity contribution is -0.0228. The van der Waals surface area contributed by atoms with E-state index in [0.717, 1.165) is 0 Å². The molecule has 0 aliphatic carbocycles. The van der Waals surface area contributed by atoms with Gasteiger partial charge in [0.2, 0.25) is 10.0 Å². The Hall–Kier alpha value is -1.17. The van der Waals surface area contributed by atoms with Gasteiger partial charge in [0.1, 0.15) is 10.5 Å². The van der Waals surface area contributed by atoms with E-state index in [4.69, 9.17) is 21.6 Å². The van der Waals surface area contributed by atoms with Gasteiger partial charge >= 0.3 is 0 Å². The molecule has 0 spiro atoms. The number of hydrogen-bond acceptors (Lipinski definition) is 5. The Morgan fingerprint density at radius 1 is 1.62 bits per heavy atom. The summed E-state index contributed by atoms with van der Waals surface area (Å²) in [6, 6.07) is 5.80. The topological polar surface area (TPSA) is 99.4 Å². The minimum Gasteiger partial charge on any atom is -0.386 e. The molecule has 2 unspecified atom stereocenters. The predicted molar refractivity (Wildman–Crippen MR) is 76.3 cm³/mol. The summed E-state index contributed by atoms with van der Waals surface area (Å²) in [4.78, 5) is -0.127. The average Bonchev–Trinajstić information content (AvgIpc) is 2.77. The molecule has 2 N–H and O–H groups in total. The largest absolute Gasteiger partial charge is 0.386 e. The van der Waals surface area contributed by atoms with Crippen molar-refractivity contribution in [2.75, 3.05) is 13.2 Å². The molecule has 1 aromatic carbocycles. The third kappa shape index (κ3) is 3.36. The second-order valence-corrected chi connectivity index (χ2v) is 7.09. The van der Waals surface area contributed by atoms with Crippen LogP contribution in [0.2, 0.25) is 5.02 Å². The van der Waals surface area contributed by atoms with E-state index in [-0.39, 0.29) is 22.0 Å². The van der Waals surface area contributed by atoms with Crippen LogP contribution in [0.3, 0.4) is 0 Å². The average molecular weight is 331 g/mol. The normalized spacial score (nSPS) is 25.7. The van der Waals surface area contributed by atoms with Gasteiger partial charge in [0.05, 0.1) is 22.8 Å². The summed E-state index contributed by atoms with van der Waals surface area (Å²) in [5.74, 6) is 0. The fourth-order valence-electron chi connectivity index (χ4n) is 2.09. The summed E-state index contributed by atoms with van der Waals surface area (Å²) in [6.07, 6.45) is -0.0886. The summed E-state index contributed by atoms with van der Waals surface area (Å²) >= 11 is 5.89. The molecule has 1 aromatic rings. The summed E-state index contributed by atoms with van der Waals surface area (Å²) < 4.78 is 32.0. The fraction of sp³-hybridized carbons (Fsp3) is 0.462. The van der Waals surface area contributed by atoms with Crippen molar-refractivity contribution in [1.82, 2.24) is 4.72 Å². The molecule has 0 saturated carbocycles. The third-order valence-electron chi connectivity index (χ3n) is 3.58. The molecule has 2 atom stereocenters. The Labute approximate surface area is 128 Å². The highest BCUT2D eigenvalue weighted by molar-refractivity contribution is 7.89. The first-order valence-corrected chi connectivity index (χ1v) is 8.18. The highest BCUT2D eigenvalue weighted by Crippen LogP contribution is 2.27. The van der Waals surface area contributed by atoms with Gasteiger partial charge in [-0.15, -0.1) is 0 Å². The minimum atomic E-state index is -3.87. The van der Waals surface area contributed by atoms with Crippen LogP contribution >= 0.6 is 11.6 Å². The Kier molecular flexibility index (Phi) is 4.56. The highest BCUT2D eigenvalue weighted by atomic mass is 35.5. The van der Waals surface area contributed by atoms with Crippen LogP contribution in [0.4, 0.5) is 0 Å². The third-order valence-corrected chi connectivity index (χ3v) is 5.46. The van der Waals surface area contributed by atoms with Crippen molar-refractivity contribution in [3.8, 4) is 6.07 Å². The highest BCUT2D eigenvalue weighted by Gasteiger charge is 2.40. The molecule has 1 saturated heterocycles. The minimum absolute atomic E-state index is 0.0377. The van der Waals surface area contributed by atoms with Crippen LogP contribution in [0.15, 0.2) is 23.1 Å². The smallest absolute Gasteiger partial charge is 0.242 e. The number of rotatable bonds is 4. The lowest BCUT2D eigenvalue weighted by atomic mass is 9.97. The van der Waals surface area contributed by atoms with E-state index >= 15 is 0 Å². The van der Waals surface area contributed by atoms with E-state index in [2.05, 4.69) is 4.72 Å². The van der Waals surface area contributed by atoms with E-state index in [9.17, 15) is 13.5 Å². The van der Waals surface area contributed by atoms with Gasteiger partial charge in [-0.1, -0.05) is 11.6 Å². The van der Waals surface area contributed by atoms with Gasteiger partial charge in [-0.25, -0.2) is 13.1 Å². The van der Waals surface area contributed by atoms with Crippen molar-refractivity contribution in [1.29, 1.82) is 5.26 Å². The molecule has 1 fully saturated rings. The van der Waals surface area contributed by atoms with Crippen molar-refractivity contribution in [2.45, 2.75) is 29.9 Å². The lowest BCUT2D eigenvalue weighted by Gasteiger charge is -2.26. The second-order valence-electron chi connectivity index (χ2n) is 4.95. The maximum Gasteiger partial charge on any atom is 0.242 e. The van der Waals surface area contributed by atoms with Crippen LogP contribution in [0, 0.1) is 11.3 Å². The number of nitrogens with zero attached hydrogens (tertiary/aromatic N) is 1. The first-order chi connectivity index (χ1) is 9.78. The van der Waals surface area contributed by atoms with Gasteiger partial charge in [-0.3, -0.25) is 0 Å². The van der Waals surface area contributed by atoms with Crippen molar-refractivity contribution in [3.05, 3.63) is 28.8 Å². The van der Waals surface area contributed by atoms with Crippen LogP contribution in [0.25, 0.3) is 0 Å². The zero-order chi connectivity index (χ0) is 15.7. The maximum absolute atomic E-state index is 12.2. The SMILES string of the molecule is CC1OCCC1(O)CNS(=O)(=O)c1ccc(C#N)cc1Cl. The molecule has 21 heavy (non-hydrogen) atoms. The zero-order valence-corrected chi connectivity index (χ0v) is 12.9. The van der Waals surface area contributed by atoms with Crippen molar-refractivity contribution in [2.24, 2.45) is 0 Å². The van der Waals surface area contributed by atoms with Gasteiger partial charge in [0, 0.05) is 19.6 Å². The van der Waals surface area contributed by atoms with Crippen molar-refractivity contribution >= 4 is 21.6 Å². The molecule has 0 amide bonds.